The van der Waals surface area contributed by atoms with Crippen LogP contribution < -0.4 is 55.7 Å². The molecule has 0 unspecified atom stereocenters. The van der Waals surface area contributed by atoms with Gasteiger partial charge in [0, 0.05) is 14.1 Å². The molecule has 0 aliphatic carbocycles. The fourth-order valence-corrected chi connectivity index (χ4v) is 31.5. The molecule has 1 N–H and O–H groups in total. The predicted molar refractivity (Wildman–Crippen MR) is 464 cm³/mol. The molecule has 5 aromatic heterocycles. The SMILES string of the molecule is CN1C(=O)C(=Cc2ccc(N3c4ccccc4[Se]c4ccccc43)[te]2)C(=O)N(C)C1=S.CN1C(=O)CC(=O)N(C)C1=S.Ic1ccc[te]1.O=Cc1ccc(N2c3ccccc3[Se]c3ccccc32)[te]1.c1c[te]c(N2c3ccccc3[Se]c3ccccc32)c1.c1cc[te]c1.c1ccc2c(c1)Nc1ccccc1[Se]2. The number of nitrogens with zero attached hydrogens (tertiary/aromatic N) is 7. The van der Waals surface area contributed by atoms with Crippen LogP contribution in [-0.4, -0.2) is 250 Å². The van der Waals surface area contributed by atoms with Gasteiger partial charge in [-0.1, -0.05) is 0 Å². The first kappa shape index (κ1) is 79.7. The Morgan fingerprint density at radius 1 is 0.374 bits per heavy atom. The molecule has 0 bridgehead atoms. The number of likely N-dealkylation sites (N-methyl/N-ethyl adjacent to an activating group) is 2. The molecule has 2 saturated heterocycles. The second-order valence-corrected chi connectivity index (χ2v) is 50.6. The number of fused-ring (bicyclic) bond motifs is 8. The molecular formula is C82H63IN8O5S2Se4Te5. The van der Waals surface area contributed by atoms with Gasteiger partial charge in [-0.2, -0.15) is 0 Å². The van der Waals surface area contributed by atoms with E-state index in [-0.39, 0.29) is 122 Å². The van der Waals surface area contributed by atoms with Gasteiger partial charge in [-0.3, -0.25) is 19.4 Å². The van der Waals surface area contributed by atoms with Crippen LogP contribution in [0.4, 0.5) is 56.6 Å². The molecule has 0 atom stereocenters. The van der Waals surface area contributed by atoms with Gasteiger partial charge in [-0.05, 0) is 12.2 Å². The van der Waals surface area contributed by atoms with Crippen molar-refractivity contribution in [2.24, 2.45) is 0 Å². The van der Waals surface area contributed by atoms with Gasteiger partial charge in [0.1, 0.15) is 6.42 Å². The Morgan fingerprint density at radius 3 is 1.07 bits per heavy atom. The first-order chi connectivity index (χ1) is 52.1. The van der Waals surface area contributed by atoms with Gasteiger partial charge in [0.15, 0.2) is 5.11 Å². The van der Waals surface area contributed by atoms with Gasteiger partial charge in [-0.15, -0.1) is 0 Å². The monoisotopic (exact) mass is 2400 g/mol. The van der Waals surface area contributed by atoms with Crippen molar-refractivity contribution in [3.8, 4) is 0 Å². The Labute approximate surface area is 720 Å². The van der Waals surface area contributed by atoms with E-state index in [2.05, 4.69) is 302 Å². The predicted octanol–water partition coefficient (Wildman–Crippen LogP) is 9.04. The summed E-state index contributed by atoms with van der Waals surface area (Å²) in [4.78, 5) is 70.8. The third-order valence-electron chi connectivity index (χ3n) is 16.5. The van der Waals surface area contributed by atoms with E-state index in [0.717, 1.165) is 13.4 Å². The van der Waals surface area contributed by atoms with Gasteiger partial charge in [0.05, 0.1) is 0 Å². The zero-order valence-corrected chi connectivity index (χ0v) is 79.8. The van der Waals surface area contributed by atoms with E-state index in [4.69, 9.17) is 24.4 Å². The maximum absolute atomic E-state index is 12.7. The fourth-order valence-electron chi connectivity index (χ4n) is 11.3. The van der Waals surface area contributed by atoms with Crippen LogP contribution >= 0.6 is 47.0 Å². The third-order valence-corrected chi connectivity index (χ3v) is 41.1. The number of carbonyl (C=O) groups excluding carboxylic acids is 5. The van der Waals surface area contributed by atoms with E-state index in [1.807, 2.05) is 12.1 Å². The Hall–Kier alpha value is -5.41. The van der Waals surface area contributed by atoms with E-state index in [9.17, 15) is 24.0 Å². The Kier molecular flexibility index (Phi) is 28.4. The van der Waals surface area contributed by atoms with Crippen molar-refractivity contribution in [3.63, 3.8) is 0 Å². The number of amides is 4. The molecule has 0 saturated carbocycles. The van der Waals surface area contributed by atoms with E-state index >= 15 is 0 Å². The number of benzene rings is 8. The zero-order valence-electron chi connectivity index (χ0n) is 57.5. The Morgan fingerprint density at radius 2 is 0.720 bits per heavy atom. The second kappa shape index (κ2) is 38.2. The molecule has 13 aromatic rings. The summed E-state index contributed by atoms with van der Waals surface area (Å²) in [5.41, 5.74) is 10.5. The molecule has 6 aliphatic heterocycles. The molecular weight excluding hydrogens is 2320 g/mol. The first-order valence-electron chi connectivity index (χ1n) is 33.0. The number of nitrogens with one attached hydrogen (secondary N) is 1. The molecule has 13 nitrogen and oxygen atoms in total. The van der Waals surface area contributed by atoms with E-state index in [0.29, 0.717) is 44.9 Å². The number of aldehydes is 1. The molecule has 11 heterocycles. The van der Waals surface area contributed by atoms with Crippen LogP contribution in [0.5, 0.6) is 0 Å². The standard InChI is InChI=1S/C23H17N3O2SSeTe.C17H11NOSeTe.C16H11NSeTe.C12H9NSe.C6H8N2O2S.C4H3ITe.C4H4Te/c1-24-21(27)15(22(28)25(2)23(24)29)13-14-11-12-20(31-14)26-16-7-3-5-9-18(16)30-19-10-6-4-8-17(19)26;19-11-12-9-10-17(21-12)18-13-5-1-3-7-15(13)20-16-8-4-2-6-14(16)18;1-3-8-14-12(6-1)17(16-10-5-11-19-16)13-7-2-4-9-15(13)18-14;1-3-7-11-9(5-1)13-10-6-2-4-8-12(10)14-11;1-7-4(9)3-5(10)8(2)6(7)11;5-4-2-1-3-6-4;1-2-4-5-3-1/h3-13H,1-2H3;1-11H;1-11H;1-8,13H;3H2,1-2H3;1-3H;1-4H. The van der Waals surface area contributed by atoms with Gasteiger partial charge >= 0.3 is 662 Å². The summed E-state index contributed by atoms with van der Waals surface area (Å²) in [5, 5.41) is 3.95. The van der Waals surface area contributed by atoms with Crippen molar-refractivity contribution in [1.82, 2.24) is 19.6 Å². The van der Waals surface area contributed by atoms with Gasteiger partial charge in [-0.25, -0.2) is 0 Å². The van der Waals surface area contributed by atoms with E-state index in [1.54, 1.807) is 35.9 Å². The molecule has 19 rings (SSSR count). The van der Waals surface area contributed by atoms with Gasteiger partial charge < -0.3 is 0 Å². The van der Waals surface area contributed by atoms with Crippen molar-refractivity contribution in [3.05, 3.63) is 285 Å². The minimum absolute atomic E-state index is 0.0763. The van der Waals surface area contributed by atoms with Crippen molar-refractivity contribution >= 4 is 348 Å². The first-order valence-corrected chi connectivity index (χ1v) is 54.1. The number of hydrogen-bond donors (Lipinski definition) is 1. The van der Waals surface area contributed by atoms with Crippen LogP contribution in [0, 0.1) is 1.59 Å². The number of para-hydroxylation sites is 8. The number of thiocarbonyl (C=S) groups is 2. The number of anilines is 11. The summed E-state index contributed by atoms with van der Waals surface area (Å²) in [7, 11) is 6.34. The average Bonchev–Trinajstić information content (AvgIpc) is 1.61. The number of hydrogen-bond acceptors (Lipinski definition) is 11. The van der Waals surface area contributed by atoms with Crippen LogP contribution in [0.15, 0.2) is 277 Å². The summed E-state index contributed by atoms with van der Waals surface area (Å²) in [5.74, 6) is -1.16. The summed E-state index contributed by atoms with van der Waals surface area (Å²) in [6.07, 6.45) is 2.70. The summed E-state index contributed by atoms with van der Waals surface area (Å²) < 4.78 is 28.2. The molecule has 0 spiro atoms. The molecule has 2 fully saturated rings. The quantitative estimate of drug-likeness (QED) is 0.0338. The van der Waals surface area contributed by atoms with Crippen molar-refractivity contribution < 1.29 is 24.0 Å². The molecule has 107 heavy (non-hydrogen) atoms. The topological polar surface area (TPSA) is 120 Å². The molecule has 0 radical (unpaired) electrons. The normalized spacial score (nSPS) is 13.9. The van der Waals surface area contributed by atoms with Crippen LogP contribution in [-0.2, 0) is 19.2 Å². The summed E-state index contributed by atoms with van der Waals surface area (Å²) in [6, 6.07) is 90.5. The molecule has 25 heteroatoms. The van der Waals surface area contributed by atoms with Crippen LogP contribution in [0.3, 0.4) is 0 Å². The minimum atomic E-state index is -0.788. The van der Waals surface area contributed by atoms with Crippen molar-refractivity contribution in [1.29, 1.82) is 0 Å². The van der Waals surface area contributed by atoms with Crippen molar-refractivity contribution in [2.75, 3.05) is 48.2 Å². The zero-order chi connectivity index (χ0) is 74.5. The third kappa shape index (κ3) is 19.2. The van der Waals surface area contributed by atoms with Crippen LogP contribution in [0.1, 0.15) is 18.4 Å². The number of rotatable bonds is 5. The maximum atomic E-state index is 12.7. The van der Waals surface area contributed by atoms with Crippen molar-refractivity contribution in [2.45, 2.75) is 6.42 Å². The Balaban J connectivity index is 0.000000118. The summed E-state index contributed by atoms with van der Waals surface area (Å²) in [6.45, 7) is 0. The number of carbonyl (C=O) groups is 5. The number of halogens is 1. The van der Waals surface area contributed by atoms with Crippen LogP contribution in [0.25, 0.3) is 6.08 Å². The molecule has 534 valence electrons. The average molecular weight is 2390 g/mol. The molecule has 6 aliphatic rings. The van der Waals surface area contributed by atoms with Crippen LogP contribution in [0.2, 0.25) is 0 Å². The van der Waals surface area contributed by atoms with Gasteiger partial charge in [0.25, 0.3) is 0 Å². The fraction of sp³-hybridized carbons (Fsp3) is 0.0610. The van der Waals surface area contributed by atoms with E-state index in [1.165, 1.54) is 112 Å². The van der Waals surface area contributed by atoms with Gasteiger partial charge in [0.2, 0.25) is 11.8 Å². The Bertz CT molecular complexity index is 5140. The summed E-state index contributed by atoms with van der Waals surface area (Å²) >= 11 is 12.8. The van der Waals surface area contributed by atoms with E-state index < -0.39 is 40.9 Å². The second-order valence-electron chi connectivity index (χ2n) is 23.4. The molecule has 4 amide bonds. The molecule has 8 aromatic carbocycles.